The van der Waals surface area contributed by atoms with Crippen LogP contribution in [0.3, 0.4) is 0 Å². The third-order valence-corrected chi connectivity index (χ3v) is 0.629. The molecule has 2 nitrogen and oxygen atoms in total. The molecule has 0 heterocycles. The number of halogens is 2. The van der Waals surface area contributed by atoms with Gasteiger partial charge >= 0.3 is 6.43 Å². The van der Waals surface area contributed by atoms with Crippen LogP contribution in [-0.4, -0.2) is 18.4 Å². The Morgan fingerprint density at radius 1 is 1.44 bits per heavy atom. The summed E-state index contributed by atoms with van der Waals surface area (Å²) in [4.78, 5) is 10.1. The summed E-state index contributed by atoms with van der Waals surface area (Å²) >= 11 is 0. The lowest BCUT2D eigenvalue weighted by molar-refractivity contribution is -0.132. The molecule has 0 aliphatic rings. The first kappa shape index (κ1) is 8.33. The summed E-state index contributed by atoms with van der Waals surface area (Å²) in [5.41, 5.74) is 0. The topological polar surface area (TPSA) is 29.1 Å². The Balaban J connectivity index is 3.51. The third kappa shape index (κ3) is 3.88. The number of carbonyl (C=O) groups excluding carboxylic acids is 1. The summed E-state index contributed by atoms with van der Waals surface area (Å²) < 4.78 is 22.8. The lowest BCUT2D eigenvalue weighted by Crippen LogP contribution is -2.34. The predicted molar refractivity (Wildman–Crippen MR) is 29.3 cm³/mol. The number of nitrogens with one attached hydrogen (secondary N) is 1. The van der Waals surface area contributed by atoms with Crippen molar-refractivity contribution >= 4 is 5.91 Å². The van der Waals surface area contributed by atoms with Gasteiger partial charge in [-0.05, 0) is 13.8 Å². The van der Waals surface area contributed by atoms with Crippen molar-refractivity contribution in [1.82, 2.24) is 5.32 Å². The summed E-state index contributed by atoms with van der Waals surface area (Å²) in [7, 11) is 0. The molecule has 0 aromatic rings. The Hall–Kier alpha value is -0.670. The van der Waals surface area contributed by atoms with Gasteiger partial charge in [-0.2, -0.15) is 8.78 Å². The van der Waals surface area contributed by atoms with Crippen LogP contribution in [0.1, 0.15) is 13.8 Å². The van der Waals surface area contributed by atoms with Gasteiger partial charge < -0.3 is 5.32 Å². The van der Waals surface area contributed by atoms with E-state index < -0.39 is 12.3 Å². The summed E-state index contributed by atoms with van der Waals surface area (Å²) in [5.74, 6) is -1.20. The van der Waals surface area contributed by atoms with Gasteiger partial charge in [0, 0.05) is 6.04 Å². The molecular formula is C5H9F2NO. The van der Waals surface area contributed by atoms with Crippen LogP contribution in [0.25, 0.3) is 0 Å². The highest BCUT2D eigenvalue weighted by Crippen LogP contribution is 1.91. The molecule has 1 N–H and O–H groups in total. The van der Waals surface area contributed by atoms with Crippen molar-refractivity contribution in [2.75, 3.05) is 0 Å². The van der Waals surface area contributed by atoms with Crippen LogP contribution in [0, 0.1) is 0 Å². The number of carbonyl (C=O) groups is 1. The molecule has 0 rings (SSSR count). The fourth-order valence-corrected chi connectivity index (χ4v) is 0.348. The predicted octanol–water partition coefficient (Wildman–Crippen LogP) is 0.776. The number of rotatable bonds is 2. The zero-order chi connectivity index (χ0) is 7.44. The van der Waals surface area contributed by atoms with Crippen LogP contribution in [0.4, 0.5) is 8.78 Å². The van der Waals surface area contributed by atoms with Gasteiger partial charge in [0.05, 0.1) is 0 Å². The first-order chi connectivity index (χ1) is 4.04. The average Bonchev–Trinajstić information content (AvgIpc) is 1.63. The van der Waals surface area contributed by atoms with Crippen molar-refractivity contribution in [3.8, 4) is 0 Å². The second kappa shape index (κ2) is 3.37. The zero-order valence-corrected chi connectivity index (χ0v) is 5.32. The van der Waals surface area contributed by atoms with Gasteiger partial charge in [-0.1, -0.05) is 0 Å². The number of alkyl halides is 2. The van der Waals surface area contributed by atoms with Crippen LogP contribution in [-0.2, 0) is 4.79 Å². The molecule has 0 aliphatic carbocycles. The molecule has 9 heavy (non-hydrogen) atoms. The van der Waals surface area contributed by atoms with Gasteiger partial charge in [-0.3, -0.25) is 4.79 Å². The van der Waals surface area contributed by atoms with E-state index in [9.17, 15) is 13.6 Å². The number of amides is 1. The molecule has 0 aromatic carbocycles. The minimum atomic E-state index is -2.90. The van der Waals surface area contributed by atoms with Gasteiger partial charge in [-0.25, -0.2) is 0 Å². The monoisotopic (exact) mass is 137 g/mol. The van der Waals surface area contributed by atoms with Gasteiger partial charge in [0.2, 0.25) is 0 Å². The quantitative estimate of drug-likeness (QED) is 0.598. The van der Waals surface area contributed by atoms with Crippen molar-refractivity contribution in [2.45, 2.75) is 26.3 Å². The standard InChI is InChI=1S/C5H9F2NO/c1-3(2)8-5(9)4(6)7/h3-4H,1-2H3,(H,8,9). The minimum absolute atomic E-state index is 0.216. The van der Waals surface area contributed by atoms with E-state index in [-0.39, 0.29) is 6.04 Å². The van der Waals surface area contributed by atoms with E-state index in [2.05, 4.69) is 5.32 Å². The normalized spacial score (nSPS) is 10.4. The van der Waals surface area contributed by atoms with E-state index in [1.54, 1.807) is 13.8 Å². The summed E-state index contributed by atoms with van der Waals surface area (Å²) in [5, 5.41) is 2.05. The van der Waals surface area contributed by atoms with Crippen LogP contribution in [0.15, 0.2) is 0 Å². The SMILES string of the molecule is CC(C)NC(=O)C(F)F. The number of hydrogen-bond acceptors (Lipinski definition) is 1. The Kier molecular flexibility index (Phi) is 3.12. The van der Waals surface area contributed by atoms with Crippen LogP contribution in [0.2, 0.25) is 0 Å². The van der Waals surface area contributed by atoms with Gasteiger partial charge in [0.25, 0.3) is 5.91 Å². The first-order valence-electron chi connectivity index (χ1n) is 2.62. The van der Waals surface area contributed by atoms with Gasteiger partial charge in [-0.15, -0.1) is 0 Å². The minimum Gasteiger partial charge on any atom is -0.349 e. The van der Waals surface area contributed by atoms with Gasteiger partial charge in [0.15, 0.2) is 0 Å². The third-order valence-electron chi connectivity index (χ3n) is 0.629. The van der Waals surface area contributed by atoms with Crippen molar-refractivity contribution in [3.63, 3.8) is 0 Å². The smallest absolute Gasteiger partial charge is 0.315 e. The molecule has 1 amide bonds. The highest BCUT2D eigenvalue weighted by atomic mass is 19.3. The molecule has 0 unspecified atom stereocenters. The van der Waals surface area contributed by atoms with Crippen molar-refractivity contribution in [1.29, 1.82) is 0 Å². The van der Waals surface area contributed by atoms with Crippen LogP contribution in [0.5, 0.6) is 0 Å². The first-order valence-corrected chi connectivity index (χ1v) is 2.62. The molecule has 0 spiro atoms. The van der Waals surface area contributed by atoms with E-state index in [1.807, 2.05) is 0 Å². The summed E-state index contributed by atoms with van der Waals surface area (Å²) in [6, 6.07) is -0.216. The molecule has 0 atom stereocenters. The maximum Gasteiger partial charge on any atom is 0.315 e. The van der Waals surface area contributed by atoms with Crippen LogP contribution < -0.4 is 5.32 Å². The lowest BCUT2D eigenvalue weighted by Gasteiger charge is -2.05. The Morgan fingerprint density at radius 3 is 2.00 bits per heavy atom. The van der Waals surface area contributed by atoms with Crippen LogP contribution >= 0.6 is 0 Å². The highest BCUT2D eigenvalue weighted by Gasteiger charge is 2.14. The fourth-order valence-electron chi connectivity index (χ4n) is 0.348. The van der Waals surface area contributed by atoms with E-state index in [0.717, 1.165) is 0 Å². The Bertz CT molecular complexity index is 103. The largest absolute Gasteiger partial charge is 0.349 e. The maximum atomic E-state index is 11.4. The molecule has 0 saturated carbocycles. The second-order valence-electron chi connectivity index (χ2n) is 1.96. The lowest BCUT2D eigenvalue weighted by atomic mass is 10.4. The summed E-state index contributed by atoms with van der Waals surface area (Å²) in [6.45, 7) is 3.25. The molecule has 0 radical (unpaired) electrons. The Morgan fingerprint density at radius 2 is 1.89 bits per heavy atom. The van der Waals surface area contributed by atoms with E-state index in [4.69, 9.17) is 0 Å². The van der Waals surface area contributed by atoms with E-state index >= 15 is 0 Å². The zero-order valence-electron chi connectivity index (χ0n) is 5.32. The molecule has 0 fully saturated rings. The van der Waals surface area contributed by atoms with Crippen molar-refractivity contribution in [2.24, 2.45) is 0 Å². The number of hydrogen-bond donors (Lipinski definition) is 1. The van der Waals surface area contributed by atoms with Crippen molar-refractivity contribution < 1.29 is 13.6 Å². The fraction of sp³-hybridized carbons (Fsp3) is 0.800. The molecule has 0 aliphatic heterocycles. The molecule has 4 heteroatoms. The van der Waals surface area contributed by atoms with E-state index in [1.165, 1.54) is 0 Å². The summed E-state index contributed by atoms with van der Waals surface area (Å²) in [6.07, 6.45) is -2.90. The second-order valence-corrected chi connectivity index (χ2v) is 1.96. The molecular weight excluding hydrogens is 128 g/mol. The molecule has 0 bridgehead atoms. The van der Waals surface area contributed by atoms with Gasteiger partial charge in [0.1, 0.15) is 0 Å². The Labute approximate surface area is 52.2 Å². The molecule has 0 saturated heterocycles. The average molecular weight is 137 g/mol. The van der Waals surface area contributed by atoms with E-state index in [0.29, 0.717) is 0 Å². The highest BCUT2D eigenvalue weighted by molar-refractivity contribution is 5.79. The van der Waals surface area contributed by atoms with Crippen molar-refractivity contribution in [3.05, 3.63) is 0 Å². The maximum absolute atomic E-state index is 11.4. The molecule has 0 aromatic heterocycles. The molecule has 54 valence electrons.